The molecule has 0 saturated heterocycles. The molecule has 0 amide bonds. The Labute approximate surface area is 115 Å². The van der Waals surface area contributed by atoms with Gasteiger partial charge in [-0.25, -0.2) is 4.98 Å². The number of nitrogens with one attached hydrogen (secondary N) is 2. The number of rotatable bonds is 3. The Bertz CT molecular complexity index is 445. The first kappa shape index (κ1) is 14.1. The summed E-state index contributed by atoms with van der Waals surface area (Å²) in [5, 5.41) is 3.42. The van der Waals surface area contributed by atoms with E-state index in [1.807, 2.05) is 0 Å². The summed E-state index contributed by atoms with van der Waals surface area (Å²) >= 11 is 0. The fraction of sp³-hybridized carbons (Fsp3) is 0.733. The van der Waals surface area contributed by atoms with Crippen LogP contribution in [0.1, 0.15) is 70.4 Å². The average molecular weight is 263 g/mol. The molecule has 0 spiro atoms. The second-order valence-electron chi connectivity index (χ2n) is 5.86. The molecule has 1 aromatic heterocycles. The second-order valence-corrected chi connectivity index (χ2v) is 5.86. The molecule has 0 atom stereocenters. The third kappa shape index (κ3) is 4.37. The van der Waals surface area contributed by atoms with E-state index in [-0.39, 0.29) is 11.5 Å². The van der Waals surface area contributed by atoms with E-state index in [9.17, 15) is 4.79 Å². The van der Waals surface area contributed by atoms with E-state index < -0.39 is 0 Å². The molecule has 4 nitrogen and oxygen atoms in total. The van der Waals surface area contributed by atoms with E-state index in [4.69, 9.17) is 0 Å². The Morgan fingerprint density at radius 2 is 1.84 bits per heavy atom. The van der Waals surface area contributed by atoms with Crippen LogP contribution in [-0.4, -0.2) is 16.0 Å². The summed E-state index contributed by atoms with van der Waals surface area (Å²) in [7, 11) is 0. The molecule has 0 radical (unpaired) electrons. The number of aromatic nitrogens is 2. The van der Waals surface area contributed by atoms with Gasteiger partial charge in [-0.15, -0.1) is 0 Å². The second kappa shape index (κ2) is 6.73. The Morgan fingerprint density at radius 3 is 2.47 bits per heavy atom. The van der Waals surface area contributed by atoms with Gasteiger partial charge in [0, 0.05) is 12.1 Å². The summed E-state index contributed by atoms with van der Waals surface area (Å²) in [6, 6.07) is 2.04. The van der Waals surface area contributed by atoms with Gasteiger partial charge in [0.2, 0.25) is 5.95 Å². The molecule has 106 valence electrons. The molecule has 19 heavy (non-hydrogen) atoms. The SMILES string of the molecule is CC(C)c1cc(=O)[nH]c(NC2CCCCCCC2)n1. The van der Waals surface area contributed by atoms with Crippen molar-refractivity contribution in [1.29, 1.82) is 0 Å². The fourth-order valence-corrected chi connectivity index (χ4v) is 2.63. The van der Waals surface area contributed by atoms with Crippen LogP contribution in [0.2, 0.25) is 0 Å². The molecule has 0 bridgehead atoms. The van der Waals surface area contributed by atoms with Gasteiger partial charge in [0.1, 0.15) is 0 Å². The lowest BCUT2D eigenvalue weighted by Gasteiger charge is -2.21. The van der Waals surface area contributed by atoms with Gasteiger partial charge in [-0.3, -0.25) is 9.78 Å². The summed E-state index contributed by atoms with van der Waals surface area (Å²) in [5.74, 6) is 0.918. The molecule has 2 rings (SSSR count). The van der Waals surface area contributed by atoms with Crippen LogP contribution in [0.4, 0.5) is 5.95 Å². The zero-order valence-corrected chi connectivity index (χ0v) is 12.0. The van der Waals surface area contributed by atoms with Crippen LogP contribution in [-0.2, 0) is 0 Å². The smallest absolute Gasteiger partial charge is 0.252 e. The lowest BCUT2D eigenvalue weighted by molar-refractivity contribution is 0.469. The third-order valence-electron chi connectivity index (χ3n) is 3.80. The number of aromatic amines is 1. The van der Waals surface area contributed by atoms with Crippen molar-refractivity contribution in [1.82, 2.24) is 9.97 Å². The monoisotopic (exact) mass is 263 g/mol. The van der Waals surface area contributed by atoms with Crippen LogP contribution in [0.5, 0.6) is 0 Å². The standard InChI is InChI=1S/C15H25N3O/c1-11(2)13-10-14(19)18-15(17-13)16-12-8-6-4-3-5-7-9-12/h10-12H,3-9H2,1-2H3,(H2,16,17,18,19). The Balaban J connectivity index is 2.06. The third-order valence-corrected chi connectivity index (χ3v) is 3.80. The van der Waals surface area contributed by atoms with Gasteiger partial charge in [-0.1, -0.05) is 46.0 Å². The van der Waals surface area contributed by atoms with Crippen molar-refractivity contribution < 1.29 is 0 Å². The minimum absolute atomic E-state index is 0.0629. The van der Waals surface area contributed by atoms with Crippen molar-refractivity contribution in [3.8, 4) is 0 Å². The highest BCUT2D eigenvalue weighted by molar-refractivity contribution is 5.27. The number of H-pyrrole nitrogens is 1. The maximum atomic E-state index is 11.6. The Hall–Kier alpha value is -1.32. The zero-order valence-electron chi connectivity index (χ0n) is 12.0. The van der Waals surface area contributed by atoms with Crippen molar-refractivity contribution in [2.75, 3.05) is 5.32 Å². The predicted molar refractivity (Wildman–Crippen MR) is 78.7 cm³/mol. The summed E-state index contributed by atoms with van der Waals surface area (Å²) in [6.07, 6.45) is 8.91. The highest BCUT2D eigenvalue weighted by atomic mass is 16.1. The van der Waals surface area contributed by atoms with Crippen LogP contribution in [0.3, 0.4) is 0 Å². The highest BCUT2D eigenvalue weighted by Gasteiger charge is 2.13. The van der Waals surface area contributed by atoms with Crippen LogP contribution < -0.4 is 10.9 Å². The van der Waals surface area contributed by atoms with Gasteiger partial charge in [-0.05, 0) is 18.8 Å². The van der Waals surface area contributed by atoms with Crippen LogP contribution >= 0.6 is 0 Å². The molecular weight excluding hydrogens is 238 g/mol. The Kier molecular flexibility index (Phi) is 5.00. The predicted octanol–water partition coefficient (Wildman–Crippen LogP) is 3.42. The quantitative estimate of drug-likeness (QED) is 0.878. The summed E-state index contributed by atoms with van der Waals surface area (Å²) in [6.45, 7) is 4.11. The van der Waals surface area contributed by atoms with E-state index >= 15 is 0 Å². The maximum Gasteiger partial charge on any atom is 0.252 e. The maximum absolute atomic E-state index is 11.6. The van der Waals surface area contributed by atoms with Gasteiger partial charge >= 0.3 is 0 Å². The van der Waals surface area contributed by atoms with E-state index in [0.717, 1.165) is 5.69 Å². The summed E-state index contributed by atoms with van der Waals surface area (Å²) in [5.41, 5.74) is 0.795. The molecule has 1 saturated carbocycles. The summed E-state index contributed by atoms with van der Waals surface area (Å²) in [4.78, 5) is 19.0. The molecule has 0 aliphatic heterocycles. The molecule has 0 aromatic carbocycles. The summed E-state index contributed by atoms with van der Waals surface area (Å²) < 4.78 is 0. The van der Waals surface area contributed by atoms with Crippen LogP contribution in [0.15, 0.2) is 10.9 Å². The first-order valence-electron chi connectivity index (χ1n) is 7.53. The number of hydrogen-bond acceptors (Lipinski definition) is 3. The molecule has 2 N–H and O–H groups in total. The number of hydrogen-bond donors (Lipinski definition) is 2. The zero-order chi connectivity index (χ0) is 13.7. The minimum atomic E-state index is -0.0629. The molecule has 1 aliphatic carbocycles. The van der Waals surface area contributed by atoms with Crippen molar-refractivity contribution >= 4 is 5.95 Å². The van der Waals surface area contributed by atoms with Crippen molar-refractivity contribution in [2.24, 2.45) is 0 Å². The number of nitrogens with zero attached hydrogens (tertiary/aromatic N) is 1. The molecule has 1 heterocycles. The molecule has 1 fully saturated rings. The van der Waals surface area contributed by atoms with Gasteiger partial charge in [0.05, 0.1) is 5.69 Å². The van der Waals surface area contributed by atoms with Crippen LogP contribution in [0.25, 0.3) is 0 Å². The van der Waals surface area contributed by atoms with Gasteiger partial charge in [0.15, 0.2) is 0 Å². The average Bonchev–Trinajstić information content (AvgIpc) is 2.31. The topological polar surface area (TPSA) is 57.8 Å². The molecule has 1 aromatic rings. The van der Waals surface area contributed by atoms with Crippen LogP contribution in [0, 0.1) is 0 Å². The first-order chi connectivity index (χ1) is 9.15. The molecular formula is C15H25N3O. The Morgan fingerprint density at radius 1 is 1.21 bits per heavy atom. The largest absolute Gasteiger partial charge is 0.353 e. The van der Waals surface area contributed by atoms with E-state index in [1.54, 1.807) is 6.07 Å². The van der Waals surface area contributed by atoms with Crippen molar-refractivity contribution in [2.45, 2.75) is 70.8 Å². The van der Waals surface area contributed by atoms with Crippen molar-refractivity contribution in [3.05, 3.63) is 22.1 Å². The number of anilines is 1. The van der Waals surface area contributed by atoms with E-state index in [1.165, 1.54) is 44.9 Å². The molecule has 0 unspecified atom stereocenters. The molecule has 1 aliphatic rings. The normalized spacial score (nSPS) is 18.1. The lowest BCUT2D eigenvalue weighted by atomic mass is 9.97. The van der Waals surface area contributed by atoms with E-state index in [2.05, 4.69) is 29.1 Å². The fourth-order valence-electron chi connectivity index (χ4n) is 2.63. The minimum Gasteiger partial charge on any atom is -0.353 e. The lowest BCUT2D eigenvalue weighted by Crippen LogP contribution is -2.24. The van der Waals surface area contributed by atoms with Gasteiger partial charge < -0.3 is 5.32 Å². The van der Waals surface area contributed by atoms with Crippen molar-refractivity contribution in [3.63, 3.8) is 0 Å². The highest BCUT2D eigenvalue weighted by Crippen LogP contribution is 2.19. The molecule has 4 heteroatoms. The van der Waals surface area contributed by atoms with E-state index in [0.29, 0.717) is 12.0 Å². The first-order valence-corrected chi connectivity index (χ1v) is 7.53. The van der Waals surface area contributed by atoms with Gasteiger partial charge in [-0.2, -0.15) is 0 Å². The van der Waals surface area contributed by atoms with Gasteiger partial charge in [0.25, 0.3) is 5.56 Å².